The van der Waals surface area contributed by atoms with Crippen molar-refractivity contribution in [1.82, 2.24) is 0 Å². The highest BCUT2D eigenvalue weighted by molar-refractivity contribution is 6.36. The van der Waals surface area contributed by atoms with Gasteiger partial charge in [-0.15, -0.1) is 0 Å². The molecule has 15 heavy (non-hydrogen) atoms. The molecule has 3 heteroatoms. The summed E-state index contributed by atoms with van der Waals surface area (Å²) in [5, 5.41) is 1.34. The molecule has 1 fully saturated rings. The highest BCUT2D eigenvalue weighted by atomic mass is 35.5. The normalized spacial score (nSPS) is 20.9. The van der Waals surface area contributed by atoms with E-state index in [1.54, 1.807) is 0 Å². The van der Waals surface area contributed by atoms with Crippen LogP contribution >= 0.6 is 23.2 Å². The Kier molecular flexibility index (Phi) is 3.32. The molecule has 0 spiro atoms. The van der Waals surface area contributed by atoms with Crippen LogP contribution in [0.3, 0.4) is 0 Å². The fourth-order valence-electron chi connectivity index (χ4n) is 2.08. The van der Waals surface area contributed by atoms with Crippen LogP contribution in [0.4, 0.5) is 0 Å². The maximum Gasteiger partial charge on any atom is 0.136 e. The molecule has 0 saturated heterocycles. The van der Waals surface area contributed by atoms with Crippen molar-refractivity contribution in [2.45, 2.75) is 25.7 Å². The molecular formula is C12H12Cl2O. The van der Waals surface area contributed by atoms with Crippen LogP contribution in [0.25, 0.3) is 0 Å². The molecule has 0 aliphatic heterocycles. The summed E-state index contributed by atoms with van der Waals surface area (Å²) in [6.45, 7) is 0. The van der Waals surface area contributed by atoms with Crippen molar-refractivity contribution >= 4 is 29.0 Å². The summed E-state index contributed by atoms with van der Waals surface area (Å²) in [6.07, 6.45) is 3.38. The number of hydrogen-bond acceptors (Lipinski definition) is 1. The topological polar surface area (TPSA) is 17.1 Å². The van der Waals surface area contributed by atoms with E-state index in [-0.39, 0.29) is 5.92 Å². The zero-order chi connectivity index (χ0) is 10.8. The van der Waals surface area contributed by atoms with E-state index in [2.05, 4.69) is 0 Å². The molecular weight excluding hydrogens is 231 g/mol. The standard InChI is InChI=1S/C12H12Cl2O/c13-10-4-2-5-11(14)9(10)7-8-3-1-6-12(8)15/h2,4-5,8H,1,3,6-7H2. The van der Waals surface area contributed by atoms with E-state index in [0.29, 0.717) is 28.7 Å². The summed E-state index contributed by atoms with van der Waals surface area (Å²) in [4.78, 5) is 11.5. The van der Waals surface area contributed by atoms with Crippen molar-refractivity contribution < 1.29 is 4.79 Å². The van der Waals surface area contributed by atoms with Crippen LogP contribution in [0, 0.1) is 5.92 Å². The molecule has 1 aliphatic carbocycles. The first kappa shape index (κ1) is 11.0. The smallest absolute Gasteiger partial charge is 0.136 e. The first-order chi connectivity index (χ1) is 7.18. The second-order valence-electron chi connectivity index (χ2n) is 3.96. The average molecular weight is 243 g/mol. The SMILES string of the molecule is O=C1CCCC1Cc1c(Cl)cccc1Cl. The maximum atomic E-state index is 11.5. The summed E-state index contributed by atoms with van der Waals surface area (Å²) in [7, 11) is 0. The molecule has 80 valence electrons. The monoisotopic (exact) mass is 242 g/mol. The van der Waals surface area contributed by atoms with E-state index < -0.39 is 0 Å². The number of ketones is 1. The van der Waals surface area contributed by atoms with Gasteiger partial charge in [0.2, 0.25) is 0 Å². The Morgan fingerprint density at radius 2 is 1.93 bits per heavy atom. The van der Waals surface area contributed by atoms with Crippen LogP contribution in [0.2, 0.25) is 10.0 Å². The lowest BCUT2D eigenvalue weighted by Gasteiger charge is -2.10. The predicted octanol–water partition coefficient (Wildman–Crippen LogP) is 3.91. The van der Waals surface area contributed by atoms with Crippen molar-refractivity contribution in [3.05, 3.63) is 33.8 Å². The Bertz CT molecular complexity index is 367. The molecule has 0 aromatic heterocycles. The molecule has 2 rings (SSSR count). The lowest BCUT2D eigenvalue weighted by molar-refractivity contribution is -0.120. The number of carbonyl (C=O) groups excluding carboxylic acids is 1. The maximum absolute atomic E-state index is 11.5. The third-order valence-corrected chi connectivity index (χ3v) is 3.65. The minimum atomic E-state index is 0.127. The van der Waals surface area contributed by atoms with Crippen molar-refractivity contribution in [3.8, 4) is 0 Å². The van der Waals surface area contributed by atoms with Gasteiger partial charge in [-0.3, -0.25) is 4.79 Å². The van der Waals surface area contributed by atoms with E-state index in [1.807, 2.05) is 18.2 Å². The summed E-state index contributed by atoms with van der Waals surface area (Å²) >= 11 is 12.1. The van der Waals surface area contributed by atoms with Gasteiger partial charge < -0.3 is 0 Å². The highest BCUT2D eigenvalue weighted by Crippen LogP contribution is 2.31. The Hall–Kier alpha value is -0.530. The Balaban J connectivity index is 2.20. The van der Waals surface area contributed by atoms with Gasteiger partial charge in [0.15, 0.2) is 0 Å². The summed E-state index contributed by atoms with van der Waals surface area (Å²) in [5.74, 6) is 0.480. The molecule has 1 aliphatic rings. The molecule has 1 nitrogen and oxygen atoms in total. The van der Waals surface area contributed by atoms with Crippen LogP contribution in [0.1, 0.15) is 24.8 Å². The molecule has 1 unspecified atom stereocenters. The van der Waals surface area contributed by atoms with Crippen LogP contribution in [-0.2, 0) is 11.2 Å². The van der Waals surface area contributed by atoms with Gasteiger partial charge in [-0.25, -0.2) is 0 Å². The number of carbonyl (C=O) groups is 1. The molecule has 1 aromatic carbocycles. The van der Waals surface area contributed by atoms with Gasteiger partial charge >= 0.3 is 0 Å². The number of Topliss-reactive ketones (excluding diaryl/α,β-unsaturated/α-hetero) is 1. The lowest BCUT2D eigenvalue weighted by atomic mass is 9.97. The van der Waals surface area contributed by atoms with Gasteiger partial charge in [-0.2, -0.15) is 0 Å². The van der Waals surface area contributed by atoms with Gasteiger partial charge in [-0.1, -0.05) is 29.3 Å². The second-order valence-corrected chi connectivity index (χ2v) is 4.77. The fourth-order valence-corrected chi connectivity index (χ4v) is 2.63. The van der Waals surface area contributed by atoms with E-state index >= 15 is 0 Å². The number of benzene rings is 1. The van der Waals surface area contributed by atoms with Gasteiger partial charge in [0.05, 0.1) is 0 Å². The third kappa shape index (κ3) is 2.35. The molecule has 1 aromatic rings. The van der Waals surface area contributed by atoms with Gasteiger partial charge in [0.25, 0.3) is 0 Å². The summed E-state index contributed by atoms with van der Waals surface area (Å²) < 4.78 is 0. The molecule has 0 N–H and O–H groups in total. The minimum Gasteiger partial charge on any atom is -0.299 e. The average Bonchev–Trinajstić information content (AvgIpc) is 2.58. The molecule has 0 amide bonds. The van der Waals surface area contributed by atoms with E-state index in [1.165, 1.54) is 0 Å². The van der Waals surface area contributed by atoms with E-state index in [0.717, 1.165) is 18.4 Å². The van der Waals surface area contributed by atoms with Crippen LogP contribution in [0.5, 0.6) is 0 Å². The van der Waals surface area contributed by atoms with Gasteiger partial charge in [-0.05, 0) is 37.0 Å². The zero-order valence-electron chi connectivity index (χ0n) is 8.30. The molecule has 1 atom stereocenters. The number of hydrogen-bond donors (Lipinski definition) is 0. The molecule has 0 radical (unpaired) electrons. The molecule has 1 saturated carbocycles. The fraction of sp³-hybridized carbons (Fsp3) is 0.417. The van der Waals surface area contributed by atoms with Crippen LogP contribution in [-0.4, -0.2) is 5.78 Å². The first-order valence-electron chi connectivity index (χ1n) is 5.14. The Morgan fingerprint density at radius 1 is 1.27 bits per heavy atom. The van der Waals surface area contributed by atoms with Crippen molar-refractivity contribution in [2.75, 3.05) is 0 Å². The Labute approximate surface area is 99.4 Å². The predicted molar refractivity (Wildman–Crippen MR) is 62.5 cm³/mol. The molecule has 0 heterocycles. The lowest BCUT2D eigenvalue weighted by Crippen LogP contribution is -2.10. The highest BCUT2D eigenvalue weighted by Gasteiger charge is 2.25. The minimum absolute atomic E-state index is 0.127. The van der Waals surface area contributed by atoms with Gasteiger partial charge in [0, 0.05) is 22.4 Å². The van der Waals surface area contributed by atoms with Crippen molar-refractivity contribution in [2.24, 2.45) is 5.92 Å². The van der Waals surface area contributed by atoms with Crippen molar-refractivity contribution in [1.29, 1.82) is 0 Å². The summed E-state index contributed by atoms with van der Waals surface area (Å²) in [5.41, 5.74) is 0.918. The Morgan fingerprint density at radius 3 is 2.47 bits per heavy atom. The third-order valence-electron chi connectivity index (χ3n) is 2.94. The zero-order valence-corrected chi connectivity index (χ0v) is 9.81. The first-order valence-corrected chi connectivity index (χ1v) is 5.89. The number of rotatable bonds is 2. The van der Waals surface area contributed by atoms with Crippen LogP contribution in [0.15, 0.2) is 18.2 Å². The second kappa shape index (κ2) is 4.54. The van der Waals surface area contributed by atoms with E-state index in [9.17, 15) is 4.79 Å². The van der Waals surface area contributed by atoms with Crippen LogP contribution < -0.4 is 0 Å². The van der Waals surface area contributed by atoms with Gasteiger partial charge in [0.1, 0.15) is 5.78 Å². The quantitative estimate of drug-likeness (QED) is 0.769. The van der Waals surface area contributed by atoms with E-state index in [4.69, 9.17) is 23.2 Å². The molecule has 0 bridgehead atoms. The largest absolute Gasteiger partial charge is 0.299 e. The number of halogens is 2. The summed E-state index contributed by atoms with van der Waals surface area (Å²) in [6, 6.07) is 5.47. The van der Waals surface area contributed by atoms with Crippen molar-refractivity contribution in [3.63, 3.8) is 0 Å².